The quantitative estimate of drug-likeness (QED) is 0.389. The van der Waals surface area contributed by atoms with E-state index in [1.807, 2.05) is 30.9 Å². The molecule has 1 fully saturated rings. The molecule has 33 heavy (non-hydrogen) atoms. The highest BCUT2D eigenvalue weighted by atomic mass is 16.6. The van der Waals surface area contributed by atoms with Gasteiger partial charge in [0.05, 0.1) is 10.8 Å². The molecule has 3 rings (SSSR count). The van der Waals surface area contributed by atoms with E-state index in [9.17, 15) is 24.5 Å². The SMILES string of the molecule is Cc1ccc(NC(=O)NC(=O)COC(=O)C2CCN(c3ccccc3[N+](=O)[O-])CC2)c(C)c1. The minimum Gasteiger partial charge on any atom is -0.455 e. The van der Waals surface area contributed by atoms with Gasteiger partial charge in [0, 0.05) is 24.8 Å². The van der Waals surface area contributed by atoms with Gasteiger partial charge in [0.15, 0.2) is 6.61 Å². The molecule has 0 spiro atoms. The van der Waals surface area contributed by atoms with Crippen LogP contribution in [-0.4, -0.2) is 42.5 Å². The number of piperidine rings is 1. The summed E-state index contributed by atoms with van der Waals surface area (Å²) < 4.78 is 5.08. The van der Waals surface area contributed by atoms with Crippen LogP contribution < -0.4 is 15.5 Å². The normalized spacial score (nSPS) is 13.8. The van der Waals surface area contributed by atoms with Crippen molar-refractivity contribution in [1.29, 1.82) is 0 Å². The molecule has 10 nitrogen and oxygen atoms in total. The predicted octanol–water partition coefficient (Wildman–Crippen LogP) is 3.32. The van der Waals surface area contributed by atoms with Crippen molar-refractivity contribution < 1.29 is 24.0 Å². The van der Waals surface area contributed by atoms with E-state index in [0.717, 1.165) is 11.1 Å². The van der Waals surface area contributed by atoms with Gasteiger partial charge in [0.1, 0.15) is 5.69 Å². The molecule has 2 aromatic rings. The van der Waals surface area contributed by atoms with Crippen LogP contribution in [0.15, 0.2) is 42.5 Å². The zero-order valence-electron chi connectivity index (χ0n) is 18.5. The topological polar surface area (TPSA) is 131 Å². The second kappa shape index (κ2) is 10.6. The maximum atomic E-state index is 12.3. The van der Waals surface area contributed by atoms with Crippen LogP contribution in [0.25, 0.3) is 0 Å². The average molecular weight is 454 g/mol. The number of nitrogens with one attached hydrogen (secondary N) is 2. The summed E-state index contributed by atoms with van der Waals surface area (Å²) in [7, 11) is 0. The summed E-state index contributed by atoms with van der Waals surface area (Å²) >= 11 is 0. The second-order valence-electron chi connectivity index (χ2n) is 7.94. The minimum atomic E-state index is -0.733. The number of benzene rings is 2. The Morgan fingerprint density at radius 3 is 2.48 bits per heavy atom. The second-order valence-corrected chi connectivity index (χ2v) is 7.94. The number of rotatable bonds is 6. The molecule has 0 unspecified atom stereocenters. The zero-order valence-corrected chi connectivity index (χ0v) is 18.5. The molecule has 1 heterocycles. The molecule has 0 radical (unpaired) electrons. The molecule has 2 aromatic carbocycles. The van der Waals surface area contributed by atoms with E-state index in [1.54, 1.807) is 24.3 Å². The molecule has 10 heteroatoms. The number of anilines is 2. The minimum absolute atomic E-state index is 0.0225. The maximum absolute atomic E-state index is 12.3. The van der Waals surface area contributed by atoms with E-state index in [-0.39, 0.29) is 5.69 Å². The van der Waals surface area contributed by atoms with E-state index in [4.69, 9.17) is 4.74 Å². The Hall–Kier alpha value is -3.95. The summed E-state index contributed by atoms with van der Waals surface area (Å²) in [6.07, 6.45) is 0.888. The van der Waals surface area contributed by atoms with E-state index in [1.165, 1.54) is 6.07 Å². The molecule has 1 aliphatic heterocycles. The Morgan fingerprint density at radius 2 is 1.82 bits per heavy atom. The summed E-state index contributed by atoms with van der Waals surface area (Å²) in [6.45, 7) is 4.12. The number of nitro benzene ring substituents is 1. The lowest BCUT2D eigenvalue weighted by molar-refractivity contribution is -0.384. The van der Waals surface area contributed by atoms with Crippen molar-refractivity contribution in [3.8, 4) is 0 Å². The van der Waals surface area contributed by atoms with E-state index < -0.39 is 35.4 Å². The van der Waals surface area contributed by atoms with Crippen molar-refractivity contribution in [2.24, 2.45) is 5.92 Å². The highest BCUT2D eigenvalue weighted by Gasteiger charge is 2.29. The average Bonchev–Trinajstić information content (AvgIpc) is 2.79. The lowest BCUT2D eigenvalue weighted by Crippen LogP contribution is -2.40. The number of nitrogens with zero attached hydrogens (tertiary/aromatic N) is 2. The third kappa shape index (κ3) is 6.28. The molecule has 0 aromatic heterocycles. The van der Waals surface area contributed by atoms with Crippen LogP contribution in [0.4, 0.5) is 21.9 Å². The maximum Gasteiger partial charge on any atom is 0.325 e. The first-order valence-corrected chi connectivity index (χ1v) is 10.6. The van der Waals surface area contributed by atoms with Crippen molar-refractivity contribution in [2.75, 3.05) is 29.9 Å². The van der Waals surface area contributed by atoms with Gasteiger partial charge in [0.2, 0.25) is 0 Å². The van der Waals surface area contributed by atoms with E-state index in [2.05, 4.69) is 10.6 Å². The molecule has 0 bridgehead atoms. The Kier molecular flexibility index (Phi) is 7.60. The van der Waals surface area contributed by atoms with Crippen LogP contribution >= 0.6 is 0 Å². The Bertz CT molecular complexity index is 1060. The van der Waals surface area contributed by atoms with Gasteiger partial charge in [-0.05, 0) is 44.4 Å². The third-order valence-corrected chi connectivity index (χ3v) is 5.48. The molecule has 0 atom stereocenters. The molecular weight excluding hydrogens is 428 g/mol. The van der Waals surface area contributed by atoms with Gasteiger partial charge in [-0.25, -0.2) is 4.79 Å². The number of carbonyl (C=O) groups excluding carboxylic acids is 3. The van der Waals surface area contributed by atoms with E-state index in [0.29, 0.717) is 37.3 Å². The molecule has 0 saturated carbocycles. The molecule has 1 saturated heterocycles. The first-order chi connectivity index (χ1) is 15.7. The number of para-hydroxylation sites is 2. The fourth-order valence-electron chi connectivity index (χ4n) is 3.77. The van der Waals surface area contributed by atoms with Crippen LogP contribution in [0, 0.1) is 29.9 Å². The number of hydrogen-bond donors (Lipinski definition) is 2. The van der Waals surface area contributed by atoms with Crippen LogP contribution in [0.1, 0.15) is 24.0 Å². The highest BCUT2D eigenvalue weighted by molar-refractivity contribution is 6.02. The van der Waals surface area contributed by atoms with E-state index >= 15 is 0 Å². The number of nitro groups is 1. The summed E-state index contributed by atoms with van der Waals surface area (Å²) in [5.74, 6) is -1.68. The highest BCUT2D eigenvalue weighted by Crippen LogP contribution is 2.31. The Morgan fingerprint density at radius 1 is 1.12 bits per heavy atom. The number of amides is 3. The summed E-state index contributed by atoms with van der Waals surface area (Å²) in [4.78, 5) is 49.0. The lowest BCUT2D eigenvalue weighted by Gasteiger charge is -2.32. The number of hydrogen-bond acceptors (Lipinski definition) is 7. The van der Waals surface area contributed by atoms with Crippen LogP contribution in [0.5, 0.6) is 0 Å². The first kappa shape index (κ1) is 23.7. The van der Waals surface area contributed by atoms with Gasteiger partial charge < -0.3 is 15.0 Å². The van der Waals surface area contributed by atoms with Gasteiger partial charge >= 0.3 is 12.0 Å². The van der Waals surface area contributed by atoms with Crippen LogP contribution in [0.2, 0.25) is 0 Å². The summed E-state index contributed by atoms with van der Waals surface area (Å²) in [5, 5.41) is 16.0. The van der Waals surface area contributed by atoms with Gasteiger partial charge in [-0.15, -0.1) is 0 Å². The molecule has 2 N–H and O–H groups in total. The molecular formula is C23H26N4O6. The Labute approximate surface area is 191 Å². The van der Waals surface area contributed by atoms with Gasteiger partial charge in [-0.3, -0.25) is 25.0 Å². The molecule has 174 valence electrons. The van der Waals surface area contributed by atoms with Crippen molar-refractivity contribution in [3.05, 3.63) is 63.7 Å². The smallest absolute Gasteiger partial charge is 0.325 e. The van der Waals surface area contributed by atoms with Gasteiger partial charge in [-0.2, -0.15) is 0 Å². The number of esters is 1. The van der Waals surface area contributed by atoms with Crippen molar-refractivity contribution in [3.63, 3.8) is 0 Å². The largest absolute Gasteiger partial charge is 0.455 e. The van der Waals surface area contributed by atoms with Crippen molar-refractivity contribution in [1.82, 2.24) is 5.32 Å². The molecule has 0 aliphatic carbocycles. The number of carbonyl (C=O) groups is 3. The third-order valence-electron chi connectivity index (χ3n) is 5.48. The summed E-state index contributed by atoms with van der Waals surface area (Å²) in [5.41, 5.74) is 3.02. The molecule has 1 aliphatic rings. The zero-order chi connectivity index (χ0) is 24.0. The van der Waals surface area contributed by atoms with Crippen LogP contribution in [-0.2, 0) is 14.3 Å². The van der Waals surface area contributed by atoms with Crippen molar-refractivity contribution in [2.45, 2.75) is 26.7 Å². The van der Waals surface area contributed by atoms with Gasteiger partial charge in [-0.1, -0.05) is 29.8 Å². The summed E-state index contributed by atoms with van der Waals surface area (Å²) in [6, 6.07) is 11.3. The molecule has 3 amide bonds. The monoisotopic (exact) mass is 454 g/mol. The predicted molar refractivity (Wildman–Crippen MR) is 122 cm³/mol. The number of aryl methyl sites for hydroxylation is 2. The fraction of sp³-hybridized carbons (Fsp3) is 0.348. The number of ether oxygens (including phenoxy) is 1. The first-order valence-electron chi connectivity index (χ1n) is 10.6. The van der Waals surface area contributed by atoms with Crippen molar-refractivity contribution >= 4 is 35.0 Å². The fourth-order valence-corrected chi connectivity index (χ4v) is 3.77. The standard InChI is InChI=1S/C23H26N4O6/c1-15-7-8-18(16(2)13-15)24-23(30)25-21(28)14-33-22(29)17-9-11-26(12-10-17)19-5-3-4-6-20(19)27(31)32/h3-8,13,17H,9-12,14H2,1-2H3,(H2,24,25,28,30). The van der Waals surface area contributed by atoms with Gasteiger partial charge in [0.25, 0.3) is 11.6 Å². The van der Waals surface area contributed by atoms with Crippen LogP contribution in [0.3, 0.4) is 0 Å². The number of imide groups is 1. The Balaban J connectivity index is 1.43. The number of urea groups is 1. The lowest BCUT2D eigenvalue weighted by atomic mass is 9.96.